The SMILES string of the molecule is CCOC(=O)c1nn(-c2sc3c(c2C#N)CC(C)(C)CC3=O)c(=N)c(C#N)c1N. The van der Waals surface area contributed by atoms with Crippen LogP contribution in [0.25, 0.3) is 5.00 Å². The molecular formula is C19H18N6O3S. The summed E-state index contributed by atoms with van der Waals surface area (Å²) in [4.78, 5) is 25.3. The highest BCUT2D eigenvalue weighted by atomic mass is 32.1. The number of aromatic nitrogens is 2. The topological polar surface area (TPSA) is 159 Å². The minimum Gasteiger partial charge on any atom is -0.461 e. The van der Waals surface area contributed by atoms with Crippen LogP contribution in [0.3, 0.4) is 0 Å². The average Bonchev–Trinajstić information content (AvgIpc) is 2.99. The molecular weight excluding hydrogens is 392 g/mol. The normalized spacial score (nSPS) is 14.6. The van der Waals surface area contributed by atoms with Gasteiger partial charge >= 0.3 is 5.97 Å². The molecule has 0 radical (unpaired) electrons. The smallest absolute Gasteiger partial charge is 0.361 e. The number of Topliss-reactive ketones (excluding diaryl/α,β-unsaturated/α-hetero) is 1. The van der Waals surface area contributed by atoms with Gasteiger partial charge in [0.15, 0.2) is 17.0 Å². The third-order valence-corrected chi connectivity index (χ3v) is 5.84. The number of nitrogens with zero attached hydrogens (tertiary/aromatic N) is 4. The fourth-order valence-electron chi connectivity index (χ4n) is 3.33. The van der Waals surface area contributed by atoms with Crippen LogP contribution < -0.4 is 11.2 Å². The summed E-state index contributed by atoms with van der Waals surface area (Å²) in [6.07, 6.45) is 0.863. The highest BCUT2D eigenvalue weighted by Gasteiger charge is 2.36. The molecule has 2 heterocycles. The minimum atomic E-state index is -0.840. The maximum absolute atomic E-state index is 12.6. The summed E-state index contributed by atoms with van der Waals surface area (Å²) in [6.45, 7) is 5.58. The molecule has 2 aromatic heterocycles. The van der Waals surface area contributed by atoms with Gasteiger partial charge in [-0.1, -0.05) is 13.8 Å². The molecule has 0 spiro atoms. The van der Waals surface area contributed by atoms with Crippen LogP contribution >= 0.6 is 11.3 Å². The summed E-state index contributed by atoms with van der Waals surface area (Å²) in [5.41, 5.74) is 5.17. The third-order valence-electron chi connectivity index (χ3n) is 4.59. The number of fused-ring (bicyclic) bond motifs is 1. The van der Waals surface area contributed by atoms with Crippen molar-refractivity contribution in [3.8, 4) is 17.1 Å². The first-order chi connectivity index (χ1) is 13.6. The van der Waals surface area contributed by atoms with Gasteiger partial charge in [-0.25, -0.2) is 9.48 Å². The fraction of sp³-hybridized carbons (Fsp3) is 0.368. The van der Waals surface area contributed by atoms with Gasteiger partial charge in [-0.15, -0.1) is 11.3 Å². The van der Waals surface area contributed by atoms with Crippen LogP contribution in [0.5, 0.6) is 0 Å². The van der Waals surface area contributed by atoms with Gasteiger partial charge in [-0.2, -0.15) is 15.6 Å². The molecule has 0 fully saturated rings. The second-order valence-electron chi connectivity index (χ2n) is 7.37. The monoisotopic (exact) mass is 410 g/mol. The Balaban J connectivity index is 2.33. The molecule has 0 saturated heterocycles. The fourth-order valence-corrected chi connectivity index (χ4v) is 4.50. The number of nitriles is 2. The number of thiophene rings is 1. The van der Waals surface area contributed by atoms with Crippen LogP contribution in [0.2, 0.25) is 0 Å². The predicted molar refractivity (Wildman–Crippen MR) is 104 cm³/mol. The molecule has 2 aromatic rings. The Morgan fingerprint density at radius 1 is 1.34 bits per heavy atom. The highest BCUT2D eigenvalue weighted by Crippen LogP contribution is 2.42. The molecule has 0 aliphatic heterocycles. The van der Waals surface area contributed by atoms with E-state index in [-0.39, 0.29) is 50.8 Å². The molecule has 148 valence electrons. The van der Waals surface area contributed by atoms with E-state index in [1.54, 1.807) is 13.0 Å². The van der Waals surface area contributed by atoms with Crippen molar-refractivity contribution in [2.45, 2.75) is 33.6 Å². The number of ether oxygens (including phenoxy) is 1. The number of ketones is 1. The molecule has 0 bridgehead atoms. The summed E-state index contributed by atoms with van der Waals surface area (Å²) >= 11 is 1.03. The molecule has 9 nitrogen and oxygen atoms in total. The Kier molecular flexibility index (Phi) is 4.99. The lowest BCUT2D eigenvalue weighted by atomic mass is 9.75. The molecule has 10 heteroatoms. The Morgan fingerprint density at radius 2 is 2.00 bits per heavy atom. The first kappa shape index (κ1) is 20.2. The lowest BCUT2D eigenvalue weighted by Gasteiger charge is -2.28. The van der Waals surface area contributed by atoms with Crippen LogP contribution in [-0.2, 0) is 11.2 Å². The zero-order valence-electron chi connectivity index (χ0n) is 16.1. The quantitative estimate of drug-likeness (QED) is 0.733. The van der Waals surface area contributed by atoms with Crippen LogP contribution in [0, 0.1) is 33.5 Å². The summed E-state index contributed by atoms with van der Waals surface area (Å²) in [6, 6.07) is 3.90. The van der Waals surface area contributed by atoms with Crippen molar-refractivity contribution in [2.75, 3.05) is 12.3 Å². The number of hydrogen-bond acceptors (Lipinski definition) is 9. The van der Waals surface area contributed by atoms with Crippen molar-refractivity contribution < 1.29 is 14.3 Å². The van der Waals surface area contributed by atoms with E-state index in [1.807, 2.05) is 13.8 Å². The van der Waals surface area contributed by atoms with Crippen molar-refractivity contribution in [2.24, 2.45) is 5.41 Å². The van der Waals surface area contributed by atoms with E-state index in [9.17, 15) is 20.1 Å². The minimum absolute atomic E-state index is 0.0742. The maximum atomic E-state index is 12.6. The number of carbonyl (C=O) groups excluding carboxylic acids is 2. The number of rotatable bonds is 3. The number of nitrogen functional groups attached to an aromatic ring is 1. The van der Waals surface area contributed by atoms with Crippen LogP contribution in [0.4, 0.5) is 5.69 Å². The molecule has 29 heavy (non-hydrogen) atoms. The molecule has 0 unspecified atom stereocenters. The Morgan fingerprint density at radius 3 is 2.59 bits per heavy atom. The van der Waals surface area contributed by atoms with Gasteiger partial charge in [0.2, 0.25) is 0 Å². The van der Waals surface area contributed by atoms with Crippen molar-refractivity contribution >= 4 is 28.8 Å². The van der Waals surface area contributed by atoms with E-state index in [0.29, 0.717) is 23.3 Å². The van der Waals surface area contributed by atoms with Crippen LogP contribution in [0.15, 0.2) is 0 Å². The average molecular weight is 410 g/mol. The lowest BCUT2D eigenvalue weighted by Crippen LogP contribution is -2.29. The van der Waals surface area contributed by atoms with Gasteiger partial charge in [0.25, 0.3) is 0 Å². The Bertz CT molecular complexity index is 1190. The summed E-state index contributed by atoms with van der Waals surface area (Å²) in [5, 5.41) is 31.9. The van der Waals surface area contributed by atoms with E-state index in [1.165, 1.54) is 0 Å². The van der Waals surface area contributed by atoms with E-state index in [2.05, 4.69) is 11.2 Å². The van der Waals surface area contributed by atoms with Gasteiger partial charge in [0.1, 0.15) is 22.7 Å². The second kappa shape index (κ2) is 7.15. The van der Waals surface area contributed by atoms with Gasteiger partial charge in [0.05, 0.1) is 22.7 Å². The summed E-state index contributed by atoms with van der Waals surface area (Å²) in [7, 11) is 0. The van der Waals surface area contributed by atoms with Crippen molar-refractivity contribution in [3.63, 3.8) is 0 Å². The van der Waals surface area contributed by atoms with Gasteiger partial charge in [-0.05, 0) is 24.3 Å². The molecule has 0 aromatic carbocycles. The molecule has 3 N–H and O–H groups in total. The molecule has 0 amide bonds. The van der Waals surface area contributed by atoms with Gasteiger partial charge in [0, 0.05) is 6.42 Å². The highest BCUT2D eigenvalue weighted by molar-refractivity contribution is 7.17. The first-order valence-corrected chi connectivity index (χ1v) is 9.60. The zero-order valence-corrected chi connectivity index (χ0v) is 16.9. The van der Waals surface area contributed by atoms with Crippen molar-refractivity contribution in [1.82, 2.24) is 9.78 Å². The third kappa shape index (κ3) is 3.28. The van der Waals surface area contributed by atoms with Gasteiger partial charge in [-0.3, -0.25) is 10.2 Å². The zero-order chi connectivity index (χ0) is 21.5. The first-order valence-electron chi connectivity index (χ1n) is 8.79. The summed E-state index contributed by atoms with van der Waals surface area (Å²) < 4.78 is 5.96. The summed E-state index contributed by atoms with van der Waals surface area (Å²) in [5.74, 6) is -0.926. The largest absolute Gasteiger partial charge is 0.461 e. The molecule has 1 aliphatic rings. The number of hydrogen-bond donors (Lipinski definition) is 2. The maximum Gasteiger partial charge on any atom is 0.361 e. The Hall–Kier alpha value is -3.50. The molecule has 0 atom stereocenters. The van der Waals surface area contributed by atoms with Crippen molar-refractivity contribution in [3.05, 3.63) is 32.7 Å². The molecule has 3 rings (SSSR count). The van der Waals surface area contributed by atoms with E-state index < -0.39 is 5.97 Å². The molecule has 0 saturated carbocycles. The number of nitrogens with one attached hydrogen (secondary N) is 1. The van der Waals surface area contributed by atoms with Crippen molar-refractivity contribution in [1.29, 1.82) is 15.9 Å². The van der Waals surface area contributed by atoms with E-state index in [4.69, 9.17) is 15.9 Å². The number of nitrogens with two attached hydrogens (primary N) is 1. The standard InChI is InChI=1S/C19H18N6O3S/c1-4-28-18(27)14-13(22)11(8-21)16(23)25(24-14)17-10(7-20)9-5-19(2,3)6-12(26)15(9)29-17/h23H,4-6,22H2,1-3H3. The number of carbonyl (C=O) groups is 2. The number of esters is 1. The van der Waals surface area contributed by atoms with E-state index in [0.717, 1.165) is 16.0 Å². The number of anilines is 1. The van der Waals surface area contributed by atoms with E-state index >= 15 is 0 Å². The van der Waals surface area contributed by atoms with Crippen LogP contribution in [-0.4, -0.2) is 28.1 Å². The second-order valence-corrected chi connectivity index (χ2v) is 8.37. The lowest BCUT2D eigenvalue weighted by molar-refractivity contribution is 0.0518. The Labute approximate surface area is 170 Å². The predicted octanol–water partition coefficient (Wildman–Crippen LogP) is 2.07. The van der Waals surface area contributed by atoms with Gasteiger partial charge < -0.3 is 10.5 Å². The van der Waals surface area contributed by atoms with Crippen LogP contribution in [0.1, 0.15) is 64.0 Å². The molecule has 1 aliphatic carbocycles.